The van der Waals surface area contributed by atoms with Gasteiger partial charge in [-0.1, -0.05) is 24.3 Å². The fraction of sp³-hybridized carbons (Fsp3) is 0.278. The second kappa shape index (κ2) is 8.16. The summed E-state index contributed by atoms with van der Waals surface area (Å²) in [5.41, 5.74) is 4.80. The Bertz CT molecular complexity index is 856. The summed E-state index contributed by atoms with van der Waals surface area (Å²) in [6.45, 7) is 2.89. The molecule has 0 unspecified atom stereocenters. The second-order valence-corrected chi connectivity index (χ2v) is 6.19. The van der Waals surface area contributed by atoms with Gasteiger partial charge in [-0.25, -0.2) is 4.98 Å². The van der Waals surface area contributed by atoms with E-state index in [4.69, 9.17) is 0 Å². The van der Waals surface area contributed by atoms with E-state index in [0.717, 1.165) is 36.3 Å². The topological polar surface area (TPSA) is 87.6 Å². The number of amides is 1. The molecule has 8 heteroatoms. The van der Waals surface area contributed by atoms with Crippen LogP contribution in [-0.2, 0) is 26.1 Å². The van der Waals surface area contributed by atoms with Crippen LogP contribution in [-0.4, -0.2) is 32.2 Å². The maximum Gasteiger partial charge on any atom is 0.272 e. The lowest BCUT2D eigenvalue weighted by atomic mass is 10.1. The van der Waals surface area contributed by atoms with Gasteiger partial charge < -0.3 is 15.2 Å². The van der Waals surface area contributed by atoms with E-state index in [-0.39, 0.29) is 18.3 Å². The van der Waals surface area contributed by atoms with Crippen molar-refractivity contribution in [2.24, 2.45) is 0 Å². The average molecular weight is 373 g/mol. The highest BCUT2D eigenvalue weighted by molar-refractivity contribution is 5.94. The van der Waals surface area contributed by atoms with Gasteiger partial charge in [0.15, 0.2) is 5.69 Å². The number of imidazole rings is 1. The molecule has 0 spiro atoms. The summed E-state index contributed by atoms with van der Waals surface area (Å²) in [5.74, 6) is -0.135. The minimum Gasteiger partial charge on any atom is -0.347 e. The SMILES string of the molecule is Cl.O=C(NCc1ccc(Cn2ccnc2)cc1)c1n[nH]c2c1CNCC2. The van der Waals surface area contributed by atoms with Gasteiger partial charge >= 0.3 is 0 Å². The Hall–Kier alpha value is -2.64. The zero-order chi connectivity index (χ0) is 17.1. The van der Waals surface area contributed by atoms with Gasteiger partial charge in [0, 0.05) is 56.3 Å². The Kier molecular flexibility index (Phi) is 5.70. The molecular formula is C18H21ClN6O. The fourth-order valence-corrected chi connectivity index (χ4v) is 3.03. The first kappa shape index (κ1) is 18.2. The van der Waals surface area contributed by atoms with Gasteiger partial charge in [0.2, 0.25) is 0 Å². The molecule has 0 saturated carbocycles. The summed E-state index contributed by atoms with van der Waals surface area (Å²) < 4.78 is 2.02. The predicted octanol–water partition coefficient (Wildman–Crippen LogP) is 1.65. The van der Waals surface area contributed by atoms with Gasteiger partial charge in [-0.15, -0.1) is 12.4 Å². The van der Waals surface area contributed by atoms with E-state index in [1.807, 2.05) is 22.9 Å². The highest BCUT2D eigenvalue weighted by Gasteiger charge is 2.21. The molecule has 2 aromatic heterocycles. The Balaban J connectivity index is 0.00000196. The van der Waals surface area contributed by atoms with Crippen molar-refractivity contribution < 1.29 is 4.79 Å². The molecule has 7 nitrogen and oxygen atoms in total. The largest absolute Gasteiger partial charge is 0.347 e. The fourth-order valence-electron chi connectivity index (χ4n) is 3.03. The number of H-pyrrole nitrogens is 1. The van der Waals surface area contributed by atoms with Crippen LogP contribution in [0.25, 0.3) is 0 Å². The van der Waals surface area contributed by atoms with Gasteiger partial charge in [0.25, 0.3) is 5.91 Å². The number of halogens is 1. The molecule has 136 valence electrons. The lowest BCUT2D eigenvalue weighted by Gasteiger charge is -2.13. The Morgan fingerprint density at radius 2 is 2.04 bits per heavy atom. The maximum absolute atomic E-state index is 12.4. The molecule has 0 saturated heterocycles. The maximum atomic E-state index is 12.4. The van der Waals surface area contributed by atoms with Gasteiger partial charge in [0.05, 0.1) is 6.33 Å². The number of carbonyl (C=O) groups excluding carboxylic acids is 1. The van der Waals surface area contributed by atoms with E-state index in [9.17, 15) is 4.79 Å². The summed E-state index contributed by atoms with van der Waals surface area (Å²) in [4.78, 5) is 16.4. The number of rotatable bonds is 5. The molecule has 4 rings (SSSR count). The van der Waals surface area contributed by atoms with E-state index >= 15 is 0 Å². The summed E-state index contributed by atoms with van der Waals surface area (Å²) in [7, 11) is 0. The minimum absolute atomic E-state index is 0. The third kappa shape index (κ3) is 3.95. The molecule has 1 aliphatic rings. The summed E-state index contributed by atoms with van der Waals surface area (Å²) in [6, 6.07) is 8.21. The summed E-state index contributed by atoms with van der Waals surface area (Å²) in [5, 5.41) is 13.4. The Morgan fingerprint density at radius 1 is 1.23 bits per heavy atom. The highest BCUT2D eigenvalue weighted by atomic mass is 35.5. The Morgan fingerprint density at radius 3 is 2.81 bits per heavy atom. The smallest absolute Gasteiger partial charge is 0.272 e. The predicted molar refractivity (Wildman–Crippen MR) is 100 cm³/mol. The first-order valence-electron chi connectivity index (χ1n) is 8.38. The molecule has 3 aromatic rings. The molecule has 0 fully saturated rings. The number of benzene rings is 1. The number of carbonyl (C=O) groups is 1. The number of nitrogens with zero attached hydrogens (tertiary/aromatic N) is 3. The van der Waals surface area contributed by atoms with Crippen molar-refractivity contribution in [3.8, 4) is 0 Å². The lowest BCUT2D eigenvalue weighted by Crippen LogP contribution is -2.28. The normalized spacial score (nSPS) is 12.9. The number of fused-ring (bicyclic) bond motifs is 1. The first-order valence-corrected chi connectivity index (χ1v) is 8.38. The Labute approximate surface area is 157 Å². The molecular weight excluding hydrogens is 352 g/mol. The molecule has 0 atom stereocenters. The molecule has 1 aromatic carbocycles. The van der Waals surface area contributed by atoms with E-state index in [1.165, 1.54) is 5.56 Å². The van der Waals surface area contributed by atoms with E-state index in [0.29, 0.717) is 18.8 Å². The van der Waals surface area contributed by atoms with E-state index in [1.54, 1.807) is 12.5 Å². The van der Waals surface area contributed by atoms with Crippen molar-refractivity contribution in [2.75, 3.05) is 6.54 Å². The molecule has 0 bridgehead atoms. The van der Waals surface area contributed by atoms with Crippen LogP contribution in [0, 0.1) is 0 Å². The van der Waals surface area contributed by atoms with Crippen LogP contribution >= 0.6 is 12.4 Å². The monoisotopic (exact) mass is 372 g/mol. The van der Waals surface area contributed by atoms with Crippen molar-refractivity contribution in [3.63, 3.8) is 0 Å². The molecule has 26 heavy (non-hydrogen) atoms. The second-order valence-electron chi connectivity index (χ2n) is 6.19. The zero-order valence-electron chi connectivity index (χ0n) is 14.2. The molecule has 3 heterocycles. The van der Waals surface area contributed by atoms with Crippen molar-refractivity contribution in [1.29, 1.82) is 0 Å². The molecule has 1 aliphatic heterocycles. The van der Waals surface area contributed by atoms with Crippen molar-refractivity contribution >= 4 is 18.3 Å². The molecule has 0 radical (unpaired) electrons. The van der Waals surface area contributed by atoms with Crippen LogP contribution in [0.3, 0.4) is 0 Å². The zero-order valence-corrected chi connectivity index (χ0v) is 15.1. The van der Waals surface area contributed by atoms with Crippen LogP contribution in [0.2, 0.25) is 0 Å². The van der Waals surface area contributed by atoms with Crippen molar-refractivity contribution in [2.45, 2.75) is 26.1 Å². The summed E-state index contributed by atoms with van der Waals surface area (Å²) >= 11 is 0. The van der Waals surface area contributed by atoms with Crippen LogP contribution in [0.15, 0.2) is 43.0 Å². The standard InChI is InChI=1S/C18H20N6O.ClH/c25-18(17-15-10-19-6-5-16(15)22-23-17)21-9-13-1-3-14(4-2-13)11-24-8-7-20-12-24;/h1-4,7-8,12,19H,5-6,9-11H2,(H,21,25)(H,22,23);1H. The van der Waals surface area contributed by atoms with Gasteiger partial charge in [0.1, 0.15) is 0 Å². The van der Waals surface area contributed by atoms with Crippen LogP contribution < -0.4 is 10.6 Å². The van der Waals surface area contributed by atoms with Gasteiger partial charge in [-0.05, 0) is 11.1 Å². The van der Waals surface area contributed by atoms with Crippen molar-refractivity contribution in [3.05, 3.63) is 71.1 Å². The quantitative estimate of drug-likeness (QED) is 0.635. The number of aromatic nitrogens is 4. The van der Waals surface area contributed by atoms with E-state index in [2.05, 4.69) is 37.9 Å². The number of aromatic amines is 1. The summed E-state index contributed by atoms with van der Waals surface area (Å²) in [6.07, 6.45) is 6.39. The molecule has 1 amide bonds. The third-order valence-electron chi connectivity index (χ3n) is 4.42. The van der Waals surface area contributed by atoms with Gasteiger partial charge in [-0.3, -0.25) is 9.89 Å². The van der Waals surface area contributed by atoms with E-state index < -0.39 is 0 Å². The van der Waals surface area contributed by atoms with Crippen LogP contribution in [0.4, 0.5) is 0 Å². The lowest BCUT2D eigenvalue weighted by molar-refractivity contribution is 0.0944. The first-order chi connectivity index (χ1) is 12.3. The molecule has 3 N–H and O–H groups in total. The number of hydrogen-bond acceptors (Lipinski definition) is 4. The van der Waals surface area contributed by atoms with Gasteiger partial charge in [-0.2, -0.15) is 5.10 Å². The minimum atomic E-state index is -0.135. The number of nitrogens with one attached hydrogen (secondary N) is 3. The third-order valence-corrected chi connectivity index (χ3v) is 4.42. The molecule has 0 aliphatic carbocycles. The average Bonchev–Trinajstić information content (AvgIpc) is 3.30. The van der Waals surface area contributed by atoms with Crippen LogP contribution in [0.1, 0.15) is 32.9 Å². The number of hydrogen-bond donors (Lipinski definition) is 3. The highest BCUT2D eigenvalue weighted by Crippen LogP contribution is 2.15. The van der Waals surface area contributed by atoms with Crippen molar-refractivity contribution in [1.82, 2.24) is 30.4 Å². The van der Waals surface area contributed by atoms with Crippen LogP contribution in [0.5, 0.6) is 0 Å².